The number of thiophene rings is 1. The summed E-state index contributed by atoms with van der Waals surface area (Å²) < 4.78 is 31.2. The summed E-state index contributed by atoms with van der Waals surface area (Å²) in [6.45, 7) is 12.5. The number of carbonyl (C=O) groups excluding carboxylic acids is 3. The van der Waals surface area contributed by atoms with Gasteiger partial charge in [0.25, 0.3) is 5.91 Å². The number of fused-ring (bicyclic) bond motifs is 1. The fourth-order valence-corrected chi connectivity index (χ4v) is 6.60. The Balaban J connectivity index is 2.14. The van der Waals surface area contributed by atoms with E-state index >= 15 is 0 Å². The third kappa shape index (κ3) is 8.35. The highest BCUT2D eigenvalue weighted by Crippen LogP contribution is 2.60. The Kier molecular flexibility index (Phi) is 10.8. The van der Waals surface area contributed by atoms with Crippen molar-refractivity contribution in [3.05, 3.63) is 76.8 Å². The maximum absolute atomic E-state index is 14.3. The van der Waals surface area contributed by atoms with Crippen molar-refractivity contribution in [2.24, 2.45) is 10.8 Å². The van der Waals surface area contributed by atoms with E-state index in [-0.39, 0.29) is 16.8 Å². The number of carbonyl (C=O) groups is 3. The molecule has 0 bridgehead atoms. The van der Waals surface area contributed by atoms with Crippen LogP contribution in [0.4, 0.5) is 5.69 Å². The van der Waals surface area contributed by atoms with E-state index in [0.717, 1.165) is 11.1 Å². The molecular weight excluding hydrogens is 627 g/mol. The van der Waals surface area contributed by atoms with Gasteiger partial charge in [0.1, 0.15) is 0 Å². The third-order valence-corrected chi connectivity index (χ3v) is 9.08. The van der Waals surface area contributed by atoms with E-state index in [9.17, 15) is 29.1 Å². The van der Waals surface area contributed by atoms with E-state index < -0.39 is 54.8 Å². The van der Waals surface area contributed by atoms with E-state index in [2.05, 4.69) is 6.58 Å². The Morgan fingerprint density at radius 2 is 1.77 bits per heavy atom. The highest BCUT2D eigenvalue weighted by Gasteiger charge is 2.46. The number of benzene rings is 2. The number of hydrogen-bond donors (Lipinski definition) is 1. The van der Waals surface area contributed by atoms with Gasteiger partial charge in [0.15, 0.2) is 12.3 Å². The zero-order valence-corrected chi connectivity index (χ0v) is 27.7. The molecule has 1 N–H and O–H groups in total. The van der Waals surface area contributed by atoms with Gasteiger partial charge in [0, 0.05) is 21.6 Å². The molecule has 3 unspecified atom stereocenters. The molecule has 0 fully saturated rings. The number of amides is 1. The number of nitriles is 1. The molecule has 13 heteroatoms. The molecule has 0 spiro atoms. The summed E-state index contributed by atoms with van der Waals surface area (Å²) in [5.74, 6) is -2.40. The first-order valence-electron chi connectivity index (χ1n) is 13.4. The Bertz CT molecular complexity index is 1670. The van der Waals surface area contributed by atoms with E-state index in [1.807, 2.05) is 6.07 Å². The molecule has 1 heterocycles. The standard InChI is InChI=1S/C31H34ClN2O8PS/c1-8-34(21-11-9-10-19(14-21)16-33)27(35)26(23-18-44-24-13-12-20(32)15-22(23)24)43(38,39)42-25(41-29(37)31(5,6)7)17-40-28(36)30(2,3)4/h8-15,18,25-26H,1,17H2,2-7H3,(H,38,39). The summed E-state index contributed by atoms with van der Waals surface area (Å²) in [6, 6.07) is 12.9. The molecule has 0 aliphatic carbocycles. The number of ether oxygens (including phenoxy) is 2. The molecule has 10 nitrogen and oxygen atoms in total. The number of rotatable bonds is 10. The van der Waals surface area contributed by atoms with Crippen LogP contribution in [0.15, 0.2) is 60.6 Å². The molecule has 3 atom stereocenters. The number of esters is 2. The molecule has 2 aromatic carbocycles. The molecule has 1 amide bonds. The Morgan fingerprint density at radius 1 is 1.11 bits per heavy atom. The molecule has 1 aromatic heterocycles. The fraction of sp³-hybridized carbons (Fsp3) is 0.355. The highest BCUT2D eigenvalue weighted by atomic mass is 35.5. The van der Waals surface area contributed by atoms with Gasteiger partial charge in [-0.25, -0.2) is 0 Å². The van der Waals surface area contributed by atoms with Crippen molar-refractivity contribution in [2.45, 2.75) is 53.5 Å². The van der Waals surface area contributed by atoms with E-state index in [1.54, 1.807) is 71.2 Å². The lowest BCUT2D eigenvalue weighted by Gasteiger charge is -2.30. The van der Waals surface area contributed by atoms with Crippen LogP contribution in [-0.2, 0) is 32.9 Å². The molecular formula is C31H34ClN2O8PS. The second-order valence-electron chi connectivity index (χ2n) is 11.9. The van der Waals surface area contributed by atoms with Crippen LogP contribution < -0.4 is 4.90 Å². The van der Waals surface area contributed by atoms with Crippen molar-refractivity contribution >= 4 is 64.2 Å². The van der Waals surface area contributed by atoms with Crippen LogP contribution in [0.25, 0.3) is 10.1 Å². The first-order valence-corrected chi connectivity index (χ1v) is 16.3. The SMILES string of the molecule is C=CN(C(=O)C(c1csc2ccc(Cl)cc12)P(=O)(O)OC(COC(=O)C(C)(C)C)OC(=O)C(C)(C)C)c1cccc(C#N)c1. The van der Waals surface area contributed by atoms with Gasteiger partial charge in [0.05, 0.1) is 22.5 Å². The summed E-state index contributed by atoms with van der Waals surface area (Å²) in [7, 11) is -5.15. The quantitative estimate of drug-likeness (QED) is 0.134. The van der Waals surface area contributed by atoms with Gasteiger partial charge >= 0.3 is 19.5 Å². The minimum Gasteiger partial charge on any atom is -0.459 e. The van der Waals surface area contributed by atoms with Crippen molar-refractivity contribution < 1.29 is 37.8 Å². The zero-order valence-electron chi connectivity index (χ0n) is 25.2. The van der Waals surface area contributed by atoms with Gasteiger partial charge in [-0.1, -0.05) is 24.2 Å². The monoisotopic (exact) mass is 660 g/mol. The average molecular weight is 661 g/mol. The lowest BCUT2D eigenvalue weighted by molar-refractivity contribution is -0.187. The van der Waals surface area contributed by atoms with Crippen LogP contribution in [0.5, 0.6) is 0 Å². The van der Waals surface area contributed by atoms with Crippen LogP contribution in [0, 0.1) is 22.2 Å². The third-order valence-electron chi connectivity index (χ3n) is 6.18. The normalized spacial score (nSPS) is 14.5. The van der Waals surface area contributed by atoms with E-state index in [1.165, 1.54) is 29.5 Å². The largest absolute Gasteiger partial charge is 0.459 e. The van der Waals surface area contributed by atoms with Gasteiger partial charge < -0.3 is 14.4 Å². The maximum atomic E-state index is 14.3. The summed E-state index contributed by atoms with van der Waals surface area (Å²) in [6.07, 6.45) is -0.693. The predicted molar refractivity (Wildman–Crippen MR) is 169 cm³/mol. The fourth-order valence-electron chi connectivity index (χ4n) is 3.83. The highest BCUT2D eigenvalue weighted by molar-refractivity contribution is 7.54. The predicted octanol–water partition coefficient (Wildman–Crippen LogP) is 7.35. The van der Waals surface area contributed by atoms with Crippen molar-refractivity contribution in [3.63, 3.8) is 0 Å². The average Bonchev–Trinajstić information content (AvgIpc) is 3.33. The van der Waals surface area contributed by atoms with Crippen molar-refractivity contribution in [1.29, 1.82) is 5.26 Å². The summed E-state index contributed by atoms with van der Waals surface area (Å²) in [5, 5.41) is 11.7. The Labute approximate surface area is 265 Å². The number of anilines is 1. The molecule has 0 saturated carbocycles. The minimum absolute atomic E-state index is 0.124. The van der Waals surface area contributed by atoms with Crippen LogP contribution in [-0.4, -0.2) is 35.6 Å². The second-order valence-corrected chi connectivity index (χ2v) is 15.1. The summed E-state index contributed by atoms with van der Waals surface area (Å²) >= 11 is 7.47. The molecule has 0 radical (unpaired) electrons. The van der Waals surface area contributed by atoms with Crippen LogP contribution >= 0.6 is 30.5 Å². The van der Waals surface area contributed by atoms with Gasteiger partial charge in [-0.15, -0.1) is 11.3 Å². The maximum Gasteiger partial charge on any atom is 0.348 e. The topological polar surface area (TPSA) is 143 Å². The Hall–Kier alpha value is -3.52. The number of nitrogens with zero attached hydrogens (tertiary/aromatic N) is 2. The van der Waals surface area contributed by atoms with Crippen molar-refractivity contribution in [1.82, 2.24) is 0 Å². The summed E-state index contributed by atoms with van der Waals surface area (Å²) in [4.78, 5) is 52.2. The lowest BCUT2D eigenvalue weighted by atomic mass is 9.97. The first-order chi connectivity index (χ1) is 20.4. The van der Waals surface area contributed by atoms with Crippen LogP contribution in [0.1, 0.15) is 58.3 Å². The van der Waals surface area contributed by atoms with Crippen LogP contribution in [0.3, 0.4) is 0 Å². The Morgan fingerprint density at radius 3 is 2.36 bits per heavy atom. The van der Waals surface area contributed by atoms with E-state index in [0.29, 0.717) is 15.1 Å². The molecule has 0 saturated heterocycles. The van der Waals surface area contributed by atoms with Gasteiger partial charge in [0.2, 0.25) is 6.29 Å². The van der Waals surface area contributed by atoms with E-state index in [4.69, 9.17) is 25.6 Å². The number of hydrogen-bond acceptors (Lipinski definition) is 9. The molecule has 3 aromatic rings. The molecule has 0 aliphatic rings. The molecule has 3 rings (SSSR count). The zero-order chi connectivity index (χ0) is 33.0. The summed E-state index contributed by atoms with van der Waals surface area (Å²) in [5.41, 5.74) is -3.29. The molecule has 44 heavy (non-hydrogen) atoms. The number of halogens is 1. The van der Waals surface area contributed by atoms with Gasteiger partial charge in [-0.05, 0) is 94.3 Å². The van der Waals surface area contributed by atoms with Crippen LogP contribution in [0.2, 0.25) is 5.02 Å². The molecule has 234 valence electrons. The lowest BCUT2D eigenvalue weighted by Crippen LogP contribution is -2.36. The smallest absolute Gasteiger partial charge is 0.348 e. The second kappa shape index (κ2) is 13.6. The van der Waals surface area contributed by atoms with Gasteiger partial charge in [-0.3, -0.25) is 28.4 Å². The first kappa shape index (κ1) is 35.0. The van der Waals surface area contributed by atoms with Gasteiger partial charge in [-0.2, -0.15) is 5.26 Å². The van der Waals surface area contributed by atoms with Crippen molar-refractivity contribution in [3.8, 4) is 6.07 Å². The minimum atomic E-state index is -5.15. The van der Waals surface area contributed by atoms with Crippen molar-refractivity contribution in [2.75, 3.05) is 11.5 Å². The molecule has 0 aliphatic heterocycles.